The molecule has 1 aromatic heterocycles. The van der Waals surface area contributed by atoms with Crippen LogP contribution in [0.1, 0.15) is 16.2 Å². The van der Waals surface area contributed by atoms with E-state index in [2.05, 4.69) is 43.4 Å². The third kappa shape index (κ3) is 4.86. The molecule has 7 nitrogen and oxygen atoms in total. The number of carbonyl (C=O) groups is 2. The molecule has 1 aromatic carbocycles. The fraction of sp³-hybridized carbons (Fsp3) is 0.286. The van der Waals surface area contributed by atoms with E-state index in [0.29, 0.717) is 23.3 Å². The van der Waals surface area contributed by atoms with Gasteiger partial charge >= 0.3 is 0 Å². The molecule has 23 heavy (non-hydrogen) atoms. The number of carbonyl (C=O) groups excluding carboxylic acids is 2. The molecule has 0 fully saturated rings. The summed E-state index contributed by atoms with van der Waals surface area (Å²) in [6.07, 6.45) is 0.555. The number of benzene rings is 1. The summed E-state index contributed by atoms with van der Waals surface area (Å²) in [4.78, 5) is 23.7. The van der Waals surface area contributed by atoms with Crippen molar-refractivity contribution in [1.82, 2.24) is 25.4 Å². The average Bonchev–Trinajstić information content (AvgIpc) is 2.85. The van der Waals surface area contributed by atoms with Crippen molar-refractivity contribution in [3.63, 3.8) is 0 Å². The summed E-state index contributed by atoms with van der Waals surface area (Å²) in [7, 11) is 1.81. The number of nitrogens with one attached hydrogen (secondary N) is 3. The van der Waals surface area contributed by atoms with Gasteiger partial charge in [-0.3, -0.25) is 14.7 Å². The molecule has 1 heterocycles. The molecule has 9 heteroatoms. The van der Waals surface area contributed by atoms with Gasteiger partial charge in [0, 0.05) is 23.6 Å². The highest BCUT2D eigenvalue weighted by Crippen LogP contribution is 2.10. The Hall–Kier alpha value is -1.75. The van der Waals surface area contributed by atoms with E-state index in [0.717, 1.165) is 9.39 Å². The lowest BCUT2D eigenvalue weighted by Gasteiger charge is -2.08. The highest BCUT2D eigenvalue weighted by molar-refractivity contribution is 14.1. The molecule has 0 aliphatic carbocycles. The first-order chi connectivity index (χ1) is 11.0. The molecule has 0 atom stereocenters. The van der Waals surface area contributed by atoms with Crippen LogP contribution in [0.15, 0.2) is 24.3 Å². The number of nitrogens with zero attached hydrogens (tertiary/aromatic N) is 2. The van der Waals surface area contributed by atoms with Crippen molar-refractivity contribution in [3.8, 4) is 0 Å². The Morgan fingerprint density at radius 1 is 1.35 bits per heavy atom. The summed E-state index contributed by atoms with van der Waals surface area (Å²) in [5.74, 6) is 0.249. The standard InChI is InChI=1S/C14H16IN5O2S/c1-20-11(18-19-14(20)23)6-7-16-12(21)8-17-13(22)9-4-2-3-5-10(9)15/h2-5H,6-8H2,1H3,(H,16,21)(H,17,22)(H,19,23). The van der Waals surface area contributed by atoms with Crippen molar-refractivity contribution in [1.29, 1.82) is 0 Å². The molecule has 0 unspecified atom stereocenters. The SMILES string of the molecule is Cn1c(CCNC(=O)CNC(=O)c2ccccc2I)n[nH]c1=S. The number of H-pyrrole nitrogens is 1. The Morgan fingerprint density at radius 3 is 2.74 bits per heavy atom. The lowest BCUT2D eigenvalue weighted by molar-refractivity contribution is -0.120. The van der Waals surface area contributed by atoms with Crippen molar-refractivity contribution in [2.24, 2.45) is 7.05 Å². The molecular formula is C14H16IN5O2S. The molecule has 0 bridgehead atoms. The first-order valence-electron chi connectivity index (χ1n) is 6.88. The quantitative estimate of drug-likeness (QED) is 0.460. The Labute approximate surface area is 152 Å². The van der Waals surface area contributed by atoms with E-state index in [1.165, 1.54) is 0 Å². The topological polar surface area (TPSA) is 91.8 Å². The third-order valence-corrected chi connectivity index (χ3v) is 4.48. The molecule has 2 aromatic rings. The normalized spacial score (nSPS) is 10.3. The van der Waals surface area contributed by atoms with E-state index in [1.807, 2.05) is 19.2 Å². The highest BCUT2D eigenvalue weighted by atomic mass is 127. The lowest BCUT2D eigenvalue weighted by atomic mass is 10.2. The van der Waals surface area contributed by atoms with Crippen LogP contribution in [0.5, 0.6) is 0 Å². The van der Waals surface area contributed by atoms with Gasteiger partial charge < -0.3 is 15.2 Å². The predicted molar refractivity (Wildman–Crippen MR) is 96.6 cm³/mol. The van der Waals surface area contributed by atoms with Crippen molar-refractivity contribution < 1.29 is 9.59 Å². The van der Waals surface area contributed by atoms with Gasteiger partial charge in [-0.25, -0.2) is 0 Å². The first-order valence-corrected chi connectivity index (χ1v) is 8.37. The van der Waals surface area contributed by atoms with Crippen LogP contribution >= 0.6 is 34.8 Å². The predicted octanol–water partition coefficient (Wildman–Crippen LogP) is 1.17. The minimum atomic E-state index is -0.264. The van der Waals surface area contributed by atoms with E-state index >= 15 is 0 Å². The number of aromatic amines is 1. The first kappa shape index (κ1) is 17.6. The molecule has 0 saturated heterocycles. The van der Waals surface area contributed by atoms with Crippen molar-refractivity contribution in [3.05, 3.63) is 44.0 Å². The van der Waals surface area contributed by atoms with E-state index < -0.39 is 0 Å². The van der Waals surface area contributed by atoms with Crippen molar-refractivity contribution in [2.45, 2.75) is 6.42 Å². The van der Waals surface area contributed by atoms with Gasteiger partial charge in [-0.05, 0) is 46.9 Å². The van der Waals surface area contributed by atoms with Crippen LogP contribution in [-0.2, 0) is 18.3 Å². The maximum Gasteiger partial charge on any atom is 0.252 e. The zero-order chi connectivity index (χ0) is 16.8. The van der Waals surface area contributed by atoms with Gasteiger partial charge in [0.05, 0.1) is 12.1 Å². The maximum atomic E-state index is 12.0. The number of rotatable bonds is 6. The summed E-state index contributed by atoms with van der Waals surface area (Å²) in [5.41, 5.74) is 0.558. The summed E-state index contributed by atoms with van der Waals surface area (Å²) in [6, 6.07) is 7.20. The molecule has 0 spiro atoms. The van der Waals surface area contributed by atoms with E-state index in [9.17, 15) is 9.59 Å². The van der Waals surface area contributed by atoms with Crippen LogP contribution in [0.25, 0.3) is 0 Å². The second-order valence-corrected chi connectivity index (χ2v) is 6.32. The molecule has 0 aliphatic rings. The summed E-state index contributed by atoms with van der Waals surface area (Å²) >= 11 is 7.10. The van der Waals surface area contributed by atoms with Gasteiger partial charge in [-0.15, -0.1) is 0 Å². The lowest BCUT2D eigenvalue weighted by Crippen LogP contribution is -2.38. The van der Waals surface area contributed by atoms with Gasteiger partial charge in [0.1, 0.15) is 5.82 Å². The largest absolute Gasteiger partial charge is 0.354 e. The van der Waals surface area contributed by atoms with Crippen molar-refractivity contribution >= 4 is 46.6 Å². The zero-order valence-electron chi connectivity index (χ0n) is 12.4. The minimum absolute atomic E-state index is 0.0667. The van der Waals surface area contributed by atoms with Gasteiger partial charge in [-0.2, -0.15) is 5.10 Å². The van der Waals surface area contributed by atoms with Gasteiger partial charge in [0.2, 0.25) is 5.91 Å². The second-order valence-electron chi connectivity index (χ2n) is 4.77. The Balaban J connectivity index is 1.75. The van der Waals surface area contributed by atoms with Crippen LogP contribution in [0.2, 0.25) is 0 Å². The number of amides is 2. The Morgan fingerprint density at radius 2 is 2.09 bits per heavy atom. The molecule has 0 radical (unpaired) electrons. The van der Waals surface area contributed by atoms with E-state index in [-0.39, 0.29) is 18.4 Å². The van der Waals surface area contributed by atoms with Gasteiger partial charge in [0.15, 0.2) is 4.77 Å². The number of halogens is 1. The van der Waals surface area contributed by atoms with E-state index in [1.54, 1.807) is 16.7 Å². The molecule has 3 N–H and O–H groups in total. The zero-order valence-corrected chi connectivity index (χ0v) is 15.4. The maximum absolute atomic E-state index is 12.0. The summed E-state index contributed by atoms with van der Waals surface area (Å²) in [6.45, 7) is 0.355. The number of hydrogen-bond donors (Lipinski definition) is 3. The van der Waals surface area contributed by atoms with Crippen molar-refractivity contribution in [2.75, 3.05) is 13.1 Å². The molecular weight excluding hydrogens is 429 g/mol. The highest BCUT2D eigenvalue weighted by Gasteiger charge is 2.10. The molecule has 0 aliphatic heterocycles. The van der Waals surface area contributed by atoms with Crippen LogP contribution in [-0.4, -0.2) is 39.7 Å². The molecule has 122 valence electrons. The minimum Gasteiger partial charge on any atom is -0.354 e. The van der Waals surface area contributed by atoms with Crippen LogP contribution in [0, 0.1) is 8.34 Å². The molecule has 2 rings (SSSR count). The number of aromatic nitrogens is 3. The van der Waals surface area contributed by atoms with Crippen LogP contribution < -0.4 is 10.6 Å². The van der Waals surface area contributed by atoms with Crippen LogP contribution in [0.3, 0.4) is 0 Å². The summed E-state index contributed by atoms with van der Waals surface area (Å²) < 4.78 is 3.13. The fourth-order valence-corrected chi connectivity index (χ4v) is 2.66. The second kappa shape index (κ2) is 8.20. The molecule has 0 saturated carbocycles. The van der Waals surface area contributed by atoms with Gasteiger partial charge in [0.25, 0.3) is 5.91 Å². The van der Waals surface area contributed by atoms with Gasteiger partial charge in [-0.1, -0.05) is 12.1 Å². The third-order valence-electron chi connectivity index (χ3n) is 3.17. The Bertz CT molecular complexity index is 771. The van der Waals surface area contributed by atoms with Crippen LogP contribution in [0.4, 0.5) is 0 Å². The molecule has 2 amide bonds. The Kier molecular flexibility index (Phi) is 6.28. The fourth-order valence-electron chi connectivity index (χ4n) is 1.88. The average molecular weight is 445 g/mol. The van der Waals surface area contributed by atoms with E-state index in [4.69, 9.17) is 12.2 Å². The summed E-state index contributed by atoms with van der Waals surface area (Å²) in [5, 5.41) is 12.1. The smallest absolute Gasteiger partial charge is 0.252 e. The number of hydrogen-bond acceptors (Lipinski definition) is 4. The monoisotopic (exact) mass is 445 g/mol.